The molecule has 0 N–H and O–H groups in total. The summed E-state index contributed by atoms with van der Waals surface area (Å²) in [5.74, 6) is -0.329. The Morgan fingerprint density at radius 1 is 1.13 bits per heavy atom. The molecule has 1 heterocycles. The average Bonchev–Trinajstić information content (AvgIpc) is 3.06. The van der Waals surface area contributed by atoms with Gasteiger partial charge in [0.25, 0.3) is 0 Å². The van der Waals surface area contributed by atoms with Crippen molar-refractivity contribution in [3.63, 3.8) is 0 Å². The Kier molecular flexibility index (Phi) is 7.23. The van der Waals surface area contributed by atoms with Crippen LogP contribution in [-0.4, -0.2) is 54.1 Å². The molecule has 3 unspecified atom stereocenters. The molecule has 0 saturated heterocycles. The van der Waals surface area contributed by atoms with Crippen LogP contribution >= 0.6 is 0 Å². The van der Waals surface area contributed by atoms with Crippen LogP contribution in [-0.2, 0) is 19.0 Å². The van der Waals surface area contributed by atoms with Crippen molar-refractivity contribution in [3.05, 3.63) is 11.8 Å². The molecule has 2 amide bonds. The molecule has 1 saturated carbocycles. The normalized spacial score (nSPS) is 23.6. The Morgan fingerprint density at radius 2 is 1.68 bits per heavy atom. The third kappa shape index (κ3) is 6.31. The van der Waals surface area contributed by atoms with Crippen LogP contribution in [0.25, 0.3) is 0 Å². The van der Waals surface area contributed by atoms with E-state index in [2.05, 4.69) is 4.99 Å². The third-order valence-corrected chi connectivity index (χ3v) is 5.17. The van der Waals surface area contributed by atoms with Gasteiger partial charge in [-0.25, -0.2) is 14.5 Å². The van der Waals surface area contributed by atoms with Crippen molar-refractivity contribution in [2.45, 2.75) is 78.9 Å². The molecule has 2 rings (SSSR count). The van der Waals surface area contributed by atoms with Crippen LogP contribution in [0.5, 0.6) is 0 Å². The van der Waals surface area contributed by atoms with E-state index < -0.39 is 28.8 Å². The first-order chi connectivity index (χ1) is 14.2. The van der Waals surface area contributed by atoms with Crippen LogP contribution < -0.4 is 0 Å². The lowest BCUT2D eigenvalue weighted by atomic mass is 9.93. The fourth-order valence-corrected chi connectivity index (χ4v) is 3.86. The van der Waals surface area contributed by atoms with E-state index in [4.69, 9.17) is 14.2 Å². The second-order valence-electron chi connectivity index (χ2n) is 10.4. The van der Waals surface area contributed by atoms with Gasteiger partial charge in [0.05, 0.1) is 12.8 Å². The van der Waals surface area contributed by atoms with Gasteiger partial charge in [0.1, 0.15) is 16.6 Å². The Hall–Kier alpha value is -2.38. The van der Waals surface area contributed by atoms with Crippen molar-refractivity contribution in [3.8, 4) is 0 Å². The predicted molar refractivity (Wildman–Crippen MR) is 117 cm³/mol. The van der Waals surface area contributed by atoms with E-state index in [0.29, 0.717) is 19.3 Å². The second-order valence-corrected chi connectivity index (χ2v) is 10.4. The van der Waals surface area contributed by atoms with Crippen molar-refractivity contribution in [1.82, 2.24) is 4.90 Å². The van der Waals surface area contributed by atoms with Gasteiger partial charge in [-0.2, -0.15) is 0 Å². The summed E-state index contributed by atoms with van der Waals surface area (Å²) in [6.45, 7) is 12.5. The minimum atomic E-state index is -0.746. The highest BCUT2D eigenvalue weighted by Gasteiger charge is 2.63. The Balaban J connectivity index is 2.11. The van der Waals surface area contributed by atoms with Gasteiger partial charge in [-0.1, -0.05) is 13.0 Å². The number of aliphatic imine (C=N–C) groups is 1. The number of nitrogens with zero attached hydrogens (tertiary/aromatic N) is 2. The van der Waals surface area contributed by atoms with E-state index in [-0.39, 0.29) is 24.3 Å². The lowest BCUT2D eigenvalue weighted by Gasteiger charge is -2.30. The number of carbonyl (C=O) groups excluding carboxylic acids is 3. The van der Waals surface area contributed by atoms with Gasteiger partial charge in [-0.05, 0) is 66.2 Å². The zero-order valence-corrected chi connectivity index (χ0v) is 20.0. The van der Waals surface area contributed by atoms with Crippen molar-refractivity contribution < 1.29 is 28.6 Å². The molecular formula is C23H36N2O6. The van der Waals surface area contributed by atoms with Crippen molar-refractivity contribution in [1.29, 1.82) is 0 Å². The number of hydrogen-bond acceptors (Lipinski definition) is 7. The van der Waals surface area contributed by atoms with Crippen LogP contribution in [0.3, 0.4) is 0 Å². The predicted octanol–water partition coefficient (Wildman–Crippen LogP) is 4.72. The van der Waals surface area contributed by atoms with Gasteiger partial charge in [0.2, 0.25) is 0 Å². The summed E-state index contributed by atoms with van der Waals surface area (Å²) in [5.41, 5.74) is -1.46. The number of carbonyl (C=O) groups is 3. The van der Waals surface area contributed by atoms with Gasteiger partial charge in [0.15, 0.2) is 0 Å². The van der Waals surface area contributed by atoms with Crippen LogP contribution in [0.4, 0.5) is 9.59 Å². The summed E-state index contributed by atoms with van der Waals surface area (Å²) < 4.78 is 15.9. The maximum atomic E-state index is 12.7. The molecule has 3 atom stereocenters. The Bertz CT molecular complexity index is 746. The zero-order chi connectivity index (χ0) is 23.6. The van der Waals surface area contributed by atoms with Gasteiger partial charge in [-0.3, -0.25) is 9.79 Å². The fraction of sp³-hybridized carbons (Fsp3) is 0.739. The van der Waals surface area contributed by atoms with Crippen molar-refractivity contribution in [2.24, 2.45) is 22.2 Å². The van der Waals surface area contributed by atoms with Gasteiger partial charge >= 0.3 is 18.2 Å². The summed E-state index contributed by atoms with van der Waals surface area (Å²) >= 11 is 0. The molecule has 0 radical (unpaired) electrons. The molecule has 0 aromatic heterocycles. The molecule has 8 nitrogen and oxygen atoms in total. The lowest BCUT2D eigenvalue weighted by Crippen LogP contribution is -2.45. The van der Waals surface area contributed by atoms with Gasteiger partial charge < -0.3 is 14.2 Å². The summed E-state index contributed by atoms with van der Waals surface area (Å²) in [7, 11) is 1.38. The molecule has 8 heteroatoms. The van der Waals surface area contributed by atoms with Crippen LogP contribution in [0, 0.1) is 17.3 Å². The number of imide groups is 1. The number of methoxy groups -OCH3 is 1. The molecule has 1 aliphatic carbocycles. The molecule has 1 aliphatic heterocycles. The van der Waals surface area contributed by atoms with Crippen LogP contribution in [0.1, 0.15) is 67.7 Å². The molecule has 0 aromatic rings. The maximum absolute atomic E-state index is 12.7. The van der Waals surface area contributed by atoms with E-state index in [1.54, 1.807) is 47.8 Å². The maximum Gasteiger partial charge on any atom is 0.419 e. The summed E-state index contributed by atoms with van der Waals surface area (Å²) in [6.07, 6.45) is 4.23. The van der Waals surface area contributed by atoms with Gasteiger partial charge in [-0.15, -0.1) is 0 Å². The van der Waals surface area contributed by atoms with Crippen LogP contribution in [0.15, 0.2) is 16.8 Å². The number of rotatable bonds is 6. The highest BCUT2D eigenvalue weighted by Crippen LogP contribution is 2.62. The highest BCUT2D eigenvalue weighted by molar-refractivity contribution is 5.88. The number of hydrogen-bond donors (Lipinski definition) is 0. The number of esters is 1. The van der Waals surface area contributed by atoms with E-state index in [1.165, 1.54) is 7.11 Å². The van der Waals surface area contributed by atoms with E-state index in [9.17, 15) is 14.4 Å². The van der Waals surface area contributed by atoms with Gasteiger partial charge in [0, 0.05) is 19.2 Å². The van der Waals surface area contributed by atoms with E-state index in [1.807, 2.05) is 13.0 Å². The lowest BCUT2D eigenvalue weighted by molar-refractivity contribution is -0.146. The zero-order valence-electron chi connectivity index (χ0n) is 20.0. The molecule has 31 heavy (non-hydrogen) atoms. The quantitative estimate of drug-likeness (QED) is 0.442. The molecule has 0 aromatic carbocycles. The number of ether oxygens (including phenoxy) is 3. The summed E-state index contributed by atoms with van der Waals surface area (Å²) in [5, 5.41) is 0. The molecule has 174 valence electrons. The van der Waals surface area contributed by atoms with E-state index in [0.717, 1.165) is 10.6 Å². The number of allylic oxidation sites excluding steroid dienone is 1. The van der Waals surface area contributed by atoms with Crippen molar-refractivity contribution in [2.75, 3.05) is 13.7 Å². The Morgan fingerprint density at radius 3 is 2.10 bits per heavy atom. The first-order valence-corrected chi connectivity index (χ1v) is 10.7. The third-order valence-electron chi connectivity index (χ3n) is 5.17. The molecular weight excluding hydrogens is 400 g/mol. The second kappa shape index (κ2) is 9.01. The first kappa shape index (κ1) is 24.9. The van der Waals surface area contributed by atoms with E-state index >= 15 is 0 Å². The fourth-order valence-electron chi connectivity index (χ4n) is 3.86. The average molecular weight is 437 g/mol. The molecule has 1 fully saturated rings. The SMILES string of the molecule is COC(=O)C1(C2=CCC=N2)CC1CC(C)CN(C(=O)OC(C)(C)C)C(=O)OC(C)(C)C. The largest absolute Gasteiger partial charge is 0.468 e. The minimum absolute atomic E-state index is 0.0376. The first-order valence-electron chi connectivity index (χ1n) is 10.7. The molecule has 0 spiro atoms. The van der Waals surface area contributed by atoms with Crippen LogP contribution in [0.2, 0.25) is 0 Å². The highest BCUT2D eigenvalue weighted by atomic mass is 16.6. The topological polar surface area (TPSA) is 94.5 Å². The minimum Gasteiger partial charge on any atom is -0.468 e. The smallest absolute Gasteiger partial charge is 0.419 e. The summed E-state index contributed by atoms with van der Waals surface area (Å²) in [4.78, 5) is 43.3. The molecule has 2 aliphatic rings. The molecule has 0 bridgehead atoms. The summed E-state index contributed by atoms with van der Waals surface area (Å²) in [6, 6.07) is 0. The Labute approximate surface area is 185 Å². The monoisotopic (exact) mass is 436 g/mol. The number of amides is 2. The van der Waals surface area contributed by atoms with Crippen molar-refractivity contribution >= 4 is 24.4 Å². The standard InChI is InChI=1S/C23H36N2O6/c1-15(12-16-13-23(16,18(26)29-8)17-10-9-11-24-17)14-25(19(27)30-21(2,3)4)20(28)31-22(5,6)7/h10-11,15-16H,9,12-14H2,1-8H3.